The number of benzene rings is 1. The fourth-order valence-electron chi connectivity index (χ4n) is 5.23. The summed E-state index contributed by atoms with van der Waals surface area (Å²) in [5, 5.41) is 42.8. The lowest BCUT2D eigenvalue weighted by Gasteiger charge is -2.46. The number of primary amides is 1. The minimum absolute atomic E-state index is 0.00374. The fourth-order valence-corrected chi connectivity index (χ4v) is 5.23. The normalized spacial score (nSPS) is 28.3. The highest BCUT2D eigenvalue weighted by molar-refractivity contribution is 6.22. The van der Waals surface area contributed by atoms with E-state index < -0.39 is 81.8 Å². The van der Waals surface area contributed by atoms with Crippen LogP contribution in [-0.4, -0.2) is 49.7 Å². The molecular formula is C22H20F3NO7. The van der Waals surface area contributed by atoms with Crippen molar-refractivity contribution < 1.29 is 48.0 Å². The smallest absolute Gasteiger partial charge is 0.395 e. The van der Waals surface area contributed by atoms with Gasteiger partial charge < -0.3 is 26.2 Å². The van der Waals surface area contributed by atoms with Gasteiger partial charge in [0.15, 0.2) is 11.4 Å². The molecule has 176 valence electrons. The number of carbonyl (C=O) groups is 3. The SMILES string of the molecule is C[C@@H](c1ccc(O)c2c1C[C@H]1C[C@H]3CC(=O)C(C(N)=O)=C(O)[C@@]3(O)C(=O)C1=C2O)C(F)(F)F. The average Bonchev–Trinajstić information content (AvgIpc) is 2.69. The van der Waals surface area contributed by atoms with E-state index in [9.17, 15) is 48.0 Å². The molecule has 11 heteroatoms. The van der Waals surface area contributed by atoms with Crippen molar-refractivity contribution in [2.75, 3.05) is 0 Å². The number of amides is 1. The van der Waals surface area contributed by atoms with Crippen molar-refractivity contribution in [1.29, 1.82) is 0 Å². The van der Waals surface area contributed by atoms with Gasteiger partial charge in [0.05, 0.1) is 11.5 Å². The van der Waals surface area contributed by atoms with Crippen LogP contribution in [0.1, 0.15) is 42.4 Å². The maximum Gasteiger partial charge on any atom is 0.395 e. The molecule has 0 aromatic heterocycles. The Bertz CT molecular complexity index is 1180. The van der Waals surface area contributed by atoms with E-state index in [1.165, 1.54) is 0 Å². The highest BCUT2D eigenvalue weighted by atomic mass is 19.4. The molecule has 1 amide bonds. The molecule has 0 aliphatic heterocycles. The van der Waals surface area contributed by atoms with Crippen molar-refractivity contribution >= 4 is 23.2 Å². The van der Waals surface area contributed by atoms with Gasteiger partial charge >= 0.3 is 6.18 Å². The molecule has 0 spiro atoms. The number of alkyl halides is 3. The molecule has 0 radical (unpaired) electrons. The van der Waals surface area contributed by atoms with Crippen LogP contribution in [0.4, 0.5) is 13.2 Å². The standard InChI is InChI=1S/C22H20F3NO7/c1-7(22(23,24)25)10-2-3-12(27)15-11(10)5-8-4-9-6-13(28)16(20(26)32)19(31)21(9,33)18(30)14(8)17(15)29/h2-3,7-9,27,29,31,33H,4-6H2,1H3,(H2,26,32)/t7-,8+,9-,21-/m0/s1. The summed E-state index contributed by atoms with van der Waals surface area (Å²) in [5.74, 6) is -10.0. The van der Waals surface area contributed by atoms with Crippen LogP contribution in [0.2, 0.25) is 0 Å². The topological polar surface area (TPSA) is 158 Å². The molecule has 1 aromatic rings. The van der Waals surface area contributed by atoms with E-state index in [2.05, 4.69) is 0 Å². The van der Waals surface area contributed by atoms with Crippen molar-refractivity contribution in [3.05, 3.63) is 45.7 Å². The van der Waals surface area contributed by atoms with Crippen LogP contribution in [0.15, 0.2) is 29.0 Å². The summed E-state index contributed by atoms with van der Waals surface area (Å²) in [6.07, 6.45) is -5.45. The van der Waals surface area contributed by atoms with Gasteiger partial charge in [-0.3, -0.25) is 14.4 Å². The van der Waals surface area contributed by atoms with Crippen molar-refractivity contribution in [3.63, 3.8) is 0 Å². The number of Topliss-reactive ketones (excluding diaryl/α,β-unsaturated/α-hetero) is 2. The van der Waals surface area contributed by atoms with Gasteiger partial charge in [0.2, 0.25) is 5.78 Å². The number of halogens is 3. The number of aromatic hydroxyl groups is 1. The van der Waals surface area contributed by atoms with Crippen LogP contribution in [0.5, 0.6) is 5.75 Å². The molecular weight excluding hydrogens is 447 g/mol. The minimum atomic E-state index is -4.61. The Morgan fingerprint density at radius 1 is 1.18 bits per heavy atom. The van der Waals surface area contributed by atoms with Crippen molar-refractivity contribution in [2.24, 2.45) is 17.6 Å². The number of aliphatic hydroxyl groups is 3. The first-order valence-electron chi connectivity index (χ1n) is 10.1. The van der Waals surface area contributed by atoms with Gasteiger partial charge in [-0.1, -0.05) is 6.07 Å². The van der Waals surface area contributed by atoms with E-state index in [1.54, 1.807) is 0 Å². The van der Waals surface area contributed by atoms with E-state index in [0.29, 0.717) is 0 Å². The van der Waals surface area contributed by atoms with Gasteiger partial charge in [0.25, 0.3) is 5.91 Å². The summed E-state index contributed by atoms with van der Waals surface area (Å²) in [7, 11) is 0. The van der Waals surface area contributed by atoms with Crippen LogP contribution in [0.25, 0.3) is 5.76 Å². The number of hydrogen-bond donors (Lipinski definition) is 5. The number of carbonyl (C=O) groups excluding carboxylic acids is 3. The monoisotopic (exact) mass is 467 g/mol. The number of phenolic OH excluding ortho intramolecular Hbond substituents is 1. The van der Waals surface area contributed by atoms with Crippen molar-refractivity contribution in [3.8, 4) is 5.75 Å². The third-order valence-corrected chi connectivity index (χ3v) is 6.94. The van der Waals surface area contributed by atoms with Gasteiger partial charge in [0, 0.05) is 17.9 Å². The molecule has 4 rings (SSSR count). The van der Waals surface area contributed by atoms with E-state index >= 15 is 0 Å². The van der Waals surface area contributed by atoms with Crippen molar-refractivity contribution in [2.45, 2.75) is 43.9 Å². The molecule has 8 nitrogen and oxygen atoms in total. The van der Waals surface area contributed by atoms with E-state index in [0.717, 1.165) is 19.1 Å². The zero-order chi connectivity index (χ0) is 24.6. The van der Waals surface area contributed by atoms with E-state index in [4.69, 9.17) is 5.73 Å². The molecule has 1 saturated carbocycles. The Hall–Kier alpha value is -3.34. The second-order valence-electron chi connectivity index (χ2n) is 8.70. The number of hydrogen-bond acceptors (Lipinski definition) is 7. The molecule has 0 unspecified atom stereocenters. The molecule has 0 bridgehead atoms. The summed E-state index contributed by atoms with van der Waals surface area (Å²) in [5.41, 5.74) is 0.521. The second-order valence-corrected chi connectivity index (χ2v) is 8.70. The highest BCUT2D eigenvalue weighted by Gasteiger charge is 2.60. The molecule has 0 heterocycles. The molecule has 0 saturated heterocycles. The third-order valence-electron chi connectivity index (χ3n) is 6.94. The quantitative estimate of drug-likeness (QED) is 0.417. The first kappa shape index (κ1) is 22.8. The van der Waals surface area contributed by atoms with Crippen LogP contribution in [-0.2, 0) is 20.8 Å². The summed E-state index contributed by atoms with van der Waals surface area (Å²) in [6.45, 7) is 0.932. The zero-order valence-electron chi connectivity index (χ0n) is 17.2. The Morgan fingerprint density at radius 3 is 2.39 bits per heavy atom. The first-order chi connectivity index (χ1) is 15.2. The van der Waals surface area contributed by atoms with Crippen LogP contribution >= 0.6 is 0 Å². The minimum Gasteiger partial charge on any atom is -0.508 e. The number of phenols is 1. The fraction of sp³-hybridized carbons (Fsp3) is 0.409. The Balaban J connectivity index is 1.93. The predicted octanol–water partition coefficient (Wildman–Crippen LogP) is 2.09. The lowest BCUT2D eigenvalue weighted by Crippen LogP contribution is -2.58. The summed E-state index contributed by atoms with van der Waals surface area (Å²) >= 11 is 0. The van der Waals surface area contributed by atoms with E-state index in [-0.39, 0.29) is 29.5 Å². The number of aliphatic hydroxyl groups excluding tert-OH is 2. The maximum absolute atomic E-state index is 13.4. The van der Waals surface area contributed by atoms with Gasteiger partial charge in [-0.05, 0) is 42.9 Å². The highest BCUT2D eigenvalue weighted by Crippen LogP contribution is 2.53. The first-order valence-corrected chi connectivity index (χ1v) is 10.1. The predicted molar refractivity (Wildman–Crippen MR) is 106 cm³/mol. The van der Waals surface area contributed by atoms with E-state index in [1.807, 2.05) is 0 Å². The van der Waals surface area contributed by atoms with Gasteiger partial charge in [-0.25, -0.2) is 0 Å². The number of rotatable bonds is 2. The molecule has 33 heavy (non-hydrogen) atoms. The van der Waals surface area contributed by atoms with Gasteiger partial charge in [0.1, 0.15) is 22.8 Å². The molecule has 3 aliphatic carbocycles. The van der Waals surface area contributed by atoms with Gasteiger partial charge in [-0.15, -0.1) is 0 Å². The summed E-state index contributed by atoms with van der Waals surface area (Å²) in [6, 6.07) is 2.07. The van der Waals surface area contributed by atoms with Crippen LogP contribution in [0, 0.1) is 11.8 Å². The lowest BCUT2D eigenvalue weighted by atomic mass is 9.59. The number of nitrogens with two attached hydrogens (primary N) is 1. The van der Waals surface area contributed by atoms with Crippen LogP contribution < -0.4 is 5.73 Å². The molecule has 6 N–H and O–H groups in total. The second kappa shape index (κ2) is 7.08. The summed E-state index contributed by atoms with van der Waals surface area (Å²) < 4.78 is 40.3. The van der Waals surface area contributed by atoms with Crippen LogP contribution in [0.3, 0.4) is 0 Å². The van der Waals surface area contributed by atoms with Gasteiger partial charge in [-0.2, -0.15) is 13.2 Å². The van der Waals surface area contributed by atoms with Crippen molar-refractivity contribution in [1.82, 2.24) is 0 Å². The molecule has 4 atom stereocenters. The molecule has 3 aliphatic rings. The summed E-state index contributed by atoms with van der Waals surface area (Å²) in [4.78, 5) is 37.2. The number of fused-ring (bicyclic) bond motifs is 3. The lowest BCUT2D eigenvalue weighted by molar-refractivity contribution is -0.148. The average molecular weight is 467 g/mol. The largest absolute Gasteiger partial charge is 0.508 e. The number of ketones is 2. The Labute approximate surface area is 184 Å². The molecule has 1 aromatic carbocycles. The Kier molecular flexibility index (Phi) is 4.90. The zero-order valence-corrected chi connectivity index (χ0v) is 17.2. The molecule has 1 fully saturated rings. The Morgan fingerprint density at radius 2 is 1.82 bits per heavy atom. The maximum atomic E-state index is 13.4. The third kappa shape index (κ3) is 3.05.